The van der Waals surface area contributed by atoms with E-state index in [2.05, 4.69) is 92.9 Å². The van der Waals surface area contributed by atoms with E-state index in [4.69, 9.17) is 0 Å². The highest BCUT2D eigenvalue weighted by molar-refractivity contribution is 5.40. The van der Waals surface area contributed by atoms with Crippen LogP contribution in [0.1, 0.15) is 184 Å². The summed E-state index contributed by atoms with van der Waals surface area (Å²) in [4.78, 5) is 0. The molecular formula is C54H88O4. The predicted octanol–water partition coefficient (Wildman–Crippen LogP) is 13.2. The van der Waals surface area contributed by atoms with Crippen LogP contribution in [0.4, 0.5) is 0 Å². The van der Waals surface area contributed by atoms with Crippen molar-refractivity contribution in [1.82, 2.24) is 0 Å². The molecular weight excluding hydrogens is 713 g/mol. The fraction of sp³-hybridized carbons (Fsp3) is 0.778. The van der Waals surface area contributed by atoms with Gasteiger partial charge in [-0.25, -0.2) is 0 Å². The average molecular weight is 801 g/mol. The maximum atomic E-state index is 10.1. The van der Waals surface area contributed by atoms with Crippen molar-refractivity contribution in [3.63, 3.8) is 0 Å². The summed E-state index contributed by atoms with van der Waals surface area (Å²) in [7, 11) is 0. The second-order valence-electron chi connectivity index (χ2n) is 21.9. The van der Waals surface area contributed by atoms with E-state index < -0.39 is 24.4 Å². The number of hydrogen-bond donors (Lipinski definition) is 4. The van der Waals surface area contributed by atoms with Crippen LogP contribution < -0.4 is 0 Å². The quantitative estimate of drug-likeness (QED) is 0.158. The molecule has 6 aliphatic carbocycles. The van der Waals surface area contributed by atoms with Crippen LogP contribution in [0.3, 0.4) is 0 Å². The van der Waals surface area contributed by atoms with Crippen molar-refractivity contribution in [1.29, 1.82) is 0 Å². The minimum absolute atomic E-state index is 0.420. The molecule has 4 nitrogen and oxygen atoms in total. The highest BCUT2D eigenvalue weighted by atomic mass is 16.3. The Balaban J connectivity index is 0.000000221. The lowest BCUT2D eigenvalue weighted by Crippen LogP contribution is -2.36. The van der Waals surface area contributed by atoms with Gasteiger partial charge in [-0.05, 0) is 158 Å². The van der Waals surface area contributed by atoms with Crippen molar-refractivity contribution < 1.29 is 20.4 Å². The lowest BCUT2D eigenvalue weighted by Gasteiger charge is -2.44. The number of aliphatic hydroxyl groups excluding tert-OH is 4. The number of allylic oxidation sites excluding steroid dienone is 6. The van der Waals surface area contributed by atoms with Crippen LogP contribution in [0.5, 0.6) is 0 Å². The zero-order valence-corrected chi connectivity index (χ0v) is 38.6. The second-order valence-corrected chi connectivity index (χ2v) is 21.9. The first kappa shape index (κ1) is 47.3. The Kier molecular flexibility index (Phi) is 17.1. The third-order valence-electron chi connectivity index (χ3n) is 16.9. The molecule has 6 saturated carbocycles. The van der Waals surface area contributed by atoms with Crippen molar-refractivity contribution in [2.75, 3.05) is 0 Å². The normalized spacial score (nSPS) is 39.3. The molecule has 0 aromatic rings. The van der Waals surface area contributed by atoms with Crippen molar-refractivity contribution in [2.24, 2.45) is 58.2 Å². The van der Waals surface area contributed by atoms with Gasteiger partial charge in [0.1, 0.15) is 0 Å². The van der Waals surface area contributed by atoms with Crippen LogP contribution in [0.2, 0.25) is 0 Å². The van der Waals surface area contributed by atoms with Gasteiger partial charge in [0, 0.05) is 12.8 Å². The minimum atomic E-state index is -0.595. The summed E-state index contributed by atoms with van der Waals surface area (Å²) in [6.45, 7) is 27.6. The van der Waals surface area contributed by atoms with Crippen molar-refractivity contribution in [3.05, 3.63) is 70.9 Å². The molecule has 6 aliphatic rings. The second kappa shape index (κ2) is 20.9. The number of hydrogen-bond acceptors (Lipinski definition) is 4. The Bertz CT molecular complexity index is 1400. The zero-order chi connectivity index (χ0) is 42.4. The Morgan fingerprint density at radius 3 is 1.31 bits per heavy atom. The van der Waals surface area contributed by atoms with E-state index in [1.807, 2.05) is 0 Å². The smallest absolute Gasteiger partial charge is 0.0811 e. The maximum Gasteiger partial charge on any atom is 0.0811 e. The number of rotatable bonds is 12. The van der Waals surface area contributed by atoms with E-state index in [1.165, 1.54) is 103 Å². The van der Waals surface area contributed by atoms with Gasteiger partial charge in [-0.15, -0.1) is 0 Å². The summed E-state index contributed by atoms with van der Waals surface area (Å²) in [5.41, 5.74) is 7.77. The lowest BCUT2D eigenvalue weighted by atomic mass is 9.60. The van der Waals surface area contributed by atoms with Gasteiger partial charge in [0.25, 0.3) is 0 Å². The summed E-state index contributed by atoms with van der Waals surface area (Å²) >= 11 is 0. The Labute approximate surface area is 356 Å². The molecule has 4 heteroatoms. The van der Waals surface area contributed by atoms with Crippen LogP contribution in [0.25, 0.3) is 0 Å². The lowest BCUT2D eigenvalue weighted by molar-refractivity contribution is 0.0855. The van der Waals surface area contributed by atoms with E-state index in [0.717, 1.165) is 57.8 Å². The van der Waals surface area contributed by atoms with Gasteiger partial charge < -0.3 is 20.4 Å². The minimum Gasteiger partial charge on any atom is -0.393 e. The first-order valence-electron chi connectivity index (χ1n) is 24.3. The monoisotopic (exact) mass is 801 g/mol. The molecule has 6 rings (SSSR count). The molecule has 328 valence electrons. The molecule has 0 unspecified atom stereocenters. The maximum absolute atomic E-state index is 10.1. The molecule has 4 N–H and O–H groups in total. The molecule has 0 aromatic carbocycles. The molecule has 58 heavy (non-hydrogen) atoms. The summed E-state index contributed by atoms with van der Waals surface area (Å²) in [6.07, 6.45) is 30.4. The van der Waals surface area contributed by atoms with Crippen molar-refractivity contribution in [2.45, 2.75) is 208 Å². The fourth-order valence-electron chi connectivity index (χ4n) is 13.5. The fourth-order valence-corrected chi connectivity index (χ4v) is 13.5. The molecule has 0 radical (unpaired) electrons. The summed E-state index contributed by atoms with van der Waals surface area (Å²) in [5, 5.41) is 40.3. The van der Waals surface area contributed by atoms with Gasteiger partial charge in [-0.2, -0.15) is 0 Å². The largest absolute Gasteiger partial charge is 0.393 e. The van der Waals surface area contributed by atoms with Gasteiger partial charge in [0.2, 0.25) is 0 Å². The molecule has 6 fully saturated rings. The zero-order valence-electron chi connectivity index (χ0n) is 38.6. The number of fused-ring (bicyclic) bond motifs is 2. The van der Waals surface area contributed by atoms with Crippen LogP contribution in [-0.2, 0) is 0 Å². The third kappa shape index (κ3) is 11.4. The summed E-state index contributed by atoms with van der Waals surface area (Å²) < 4.78 is 0. The Morgan fingerprint density at radius 2 is 0.948 bits per heavy atom. The number of aliphatic hydroxyl groups is 4. The molecule has 12 atom stereocenters. The molecule has 0 heterocycles. The van der Waals surface area contributed by atoms with Crippen molar-refractivity contribution >= 4 is 0 Å². The molecule has 0 aromatic heterocycles. The molecule has 0 bridgehead atoms. The summed E-state index contributed by atoms with van der Waals surface area (Å²) in [6, 6.07) is 0. The van der Waals surface area contributed by atoms with Gasteiger partial charge in [0.15, 0.2) is 0 Å². The predicted molar refractivity (Wildman–Crippen MR) is 245 cm³/mol. The van der Waals surface area contributed by atoms with Gasteiger partial charge in [0.05, 0.1) is 24.4 Å². The molecule has 0 saturated heterocycles. The van der Waals surface area contributed by atoms with E-state index in [-0.39, 0.29) is 0 Å². The van der Waals surface area contributed by atoms with Gasteiger partial charge >= 0.3 is 0 Å². The third-order valence-corrected chi connectivity index (χ3v) is 16.9. The van der Waals surface area contributed by atoms with E-state index >= 15 is 0 Å². The van der Waals surface area contributed by atoms with E-state index in [1.54, 1.807) is 11.1 Å². The average Bonchev–Trinajstić information content (AvgIpc) is 3.70. The highest BCUT2D eigenvalue weighted by Crippen LogP contribution is 2.61. The van der Waals surface area contributed by atoms with Crippen LogP contribution in [0, 0.1) is 58.2 Å². The first-order valence-corrected chi connectivity index (χ1v) is 24.3. The van der Waals surface area contributed by atoms with Crippen LogP contribution >= 0.6 is 0 Å². The van der Waals surface area contributed by atoms with Crippen molar-refractivity contribution in [3.8, 4) is 0 Å². The van der Waals surface area contributed by atoms with Crippen LogP contribution in [0.15, 0.2) is 70.9 Å². The highest BCUT2D eigenvalue weighted by Gasteiger charge is 2.51. The van der Waals surface area contributed by atoms with Gasteiger partial charge in [-0.3, -0.25) is 0 Å². The van der Waals surface area contributed by atoms with Gasteiger partial charge in [-0.1, -0.05) is 143 Å². The topological polar surface area (TPSA) is 80.9 Å². The van der Waals surface area contributed by atoms with E-state index in [0.29, 0.717) is 48.3 Å². The summed E-state index contributed by atoms with van der Waals surface area (Å²) in [5.74, 6) is 6.40. The Morgan fingerprint density at radius 1 is 0.569 bits per heavy atom. The van der Waals surface area contributed by atoms with E-state index in [9.17, 15) is 20.4 Å². The van der Waals surface area contributed by atoms with Crippen LogP contribution in [-0.4, -0.2) is 44.8 Å². The Hall–Kier alpha value is -1.72. The molecule has 0 spiro atoms. The molecule has 0 amide bonds. The standard InChI is InChI=1S/2C27H44O2/c2*1-18(2)8-6-9-19(3)24-13-14-25-21(10-7-15-27(24,25)5)11-12-22-16-23(28)17-26(29)20(22)4/h2*11-12,18-19,23-26,28-29H,4,6-10,13-17H2,1-3,5H3/b2*21-11+,22-12-/t2*19-,23-,24-,25+,26+,27-/m11/s1. The molecule has 0 aliphatic heterocycles. The SMILES string of the molecule is C=C1/C(=C\C=C2/CCC[C@]3(C)[C@@H]([C@H](C)CCCC(C)C)CC[C@@H]23)C[C@@H](O)C[C@@H]1O.C=C1/C(=C\C=C2/CCC[C@]3(C)[C@@H]([C@H](C)CCCC(C)C)CC[C@@H]23)C[C@@H](O)C[C@@H]1O. The first-order chi connectivity index (χ1) is 27.4.